The lowest BCUT2D eigenvalue weighted by atomic mass is 10.0. The van der Waals surface area contributed by atoms with Crippen LogP contribution in [-0.2, 0) is 4.79 Å². The lowest BCUT2D eigenvalue weighted by Gasteiger charge is -2.10. The lowest BCUT2D eigenvalue weighted by molar-refractivity contribution is -0.112. The fourth-order valence-corrected chi connectivity index (χ4v) is 2.73. The van der Waals surface area contributed by atoms with Gasteiger partial charge in [-0.3, -0.25) is 4.79 Å². The molecule has 1 heterocycles. The SMILES string of the molecule is O=C(O)N1C(=O)C(=Cc2cccc(Cl)c2)c2cc(F)c(Cl)cc21. The molecule has 0 saturated heterocycles. The number of carbonyl (C=O) groups is 2. The molecule has 4 nitrogen and oxygen atoms in total. The Morgan fingerprint density at radius 3 is 2.61 bits per heavy atom. The summed E-state index contributed by atoms with van der Waals surface area (Å²) in [6.07, 6.45) is -0.00279. The van der Waals surface area contributed by atoms with Crippen molar-refractivity contribution in [1.82, 2.24) is 0 Å². The first-order valence-corrected chi connectivity index (χ1v) is 7.18. The quantitative estimate of drug-likeness (QED) is 0.757. The van der Waals surface area contributed by atoms with Gasteiger partial charge in [-0.05, 0) is 35.9 Å². The van der Waals surface area contributed by atoms with Crippen LogP contribution in [0.1, 0.15) is 11.1 Å². The molecule has 7 heteroatoms. The van der Waals surface area contributed by atoms with Gasteiger partial charge >= 0.3 is 6.09 Å². The third kappa shape index (κ3) is 2.69. The van der Waals surface area contributed by atoms with E-state index in [1.54, 1.807) is 24.3 Å². The molecule has 0 radical (unpaired) electrons. The summed E-state index contributed by atoms with van der Waals surface area (Å²) in [6, 6.07) is 8.83. The molecule has 0 bridgehead atoms. The first-order valence-electron chi connectivity index (χ1n) is 6.42. The fourth-order valence-electron chi connectivity index (χ4n) is 2.37. The number of anilines is 1. The predicted octanol–water partition coefficient (Wildman–Crippen LogP) is 4.70. The minimum absolute atomic E-state index is 0.0298. The van der Waals surface area contributed by atoms with Gasteiger partial charge in [0, 0.05) is 10.6 Å². The monoisotopic (exact) mass is 351 g/mol. The smallest absolute Gasteiger partial charge is 0.419 e. The molecule has 1 N–H and O–H groups in total. The maximum absolute atomic E-state index is 13.7. The predicted molar refractivity (Wildman–Crippen MR) is 86.2 cm³/mol. The van der Waals surface area contributed by atoms with Crippen molar-refractivity contribution in [3.8, 4) is 0 Å². The molecule has 23 heavy (non-hydrogen) atoms. The van der Waals surface area contributed by atoms with Crippen LogP contribution in [0, 0.1) is 5.82 Å². The van der Waals surface area contributed by atoms with E-state index in [0.29, 0.717) is 15.5 Å². The number of imide groups is 1. The molecule has 0 atom stereocenters. The van der Waals surface area contributed by atoms with Crippen LogP contribution >= 0.6 is 23.2 Å². The standard InChI is InChI=1S/C16H8Cl2FNO3/c17-9-3-1-2-8(4-9)5-11-10-6-13(19)12(18)7-14(10)20(15(11)21)16(22)23/h1-7H,(H,22,23). The summed E-state index contributed by atoms with van der Waals surface area (Å²) in [4.78, 5) is 24.3. The summed E-state index contributed by atoms with van der Waals surface area (Å²) in [5.41, 5.74) is 0.844. The van der Waals surface area contributed by atoms with Crippen LogP contribution in [0.4, 0.5) is 14.9 Å². The first kappa shape index (κ1) is 15.5. The Kier molecular flexibility index (Phi) is 3.83. The van der Waals surface area contributed by atoms with Crippen LogP contribution < -0.4 is 4.90 Å². The van der Waals surface area contributed by atoms with E-state index in [0.717, 1.165) is 12.1 Å². The zero-order valence-electron chi connectivity index (χ0n) is 11.4. The first-order chi connectivity index (χ1) is 10.9. The number of hydrogen-bond donors (Lipinski definition) is 1. The van der Waals surface area contributed by atoms with Gasteiger partial charge in [0.25, 0.3) is 5.91 Å². The molecule has 0 unspecified atom stereocenters. The van der Waals surface area contributed by atoms with Crippen LogP contribution in [0.15, 0.2) is 36.4 Å². The average Bonchev–Trinajstić information content (AvgIpc) is 2.72. The Balaban J connectivity index is 2.22. The molecule has 1 aliphatic heterocycles. The van der Waals surface area contributed by atoms with Crippen molar-refractivity contribution >= 4 is 52.5 Å². The van der Waals surface area contributed by atoms with Crippen LogP contribution in [-0.4, -0.2) is 17.1 Å². The molecule has 1 aliphatic rings. The van der Waals surface area contributed by atoms with Gasteiger partial charge in [0.1, 0.15) is 5.82 Å². The van der Waals surface area contributed by atoms with Gasteiger partial charge in [0.05, 0.1) is 16.3 Å². The van der Waals surface area contributed by atoms with Crippen LogP contribution in [0.2, 0.25) is 10.0 Å². The maximum Gasteiger partial charge on any atom is 0.419 e. The molecule has 0 aliphatic carbocycles. The Morgan fingerprint density at radius 1 is 1.22 bits per heavy atom. The molecule has 0 spiro atoms. The summed E-state index contributed by atoms with van der Waals surface area (Å²) >= 11 is 11.6. The molecular formula is C16H8Cl2FNO3. The van der Waals surface area contributed by atoms with Gasteiger partial charge in [-0.15, -0.1) is 0 Å². The average molecular weight is 352 g/mol. The Hall–Kier alpha value is -2.37. The Labute approximate surface area is 140 Å². The van der Waals surface area contributed by atoms with Gasteiger partial charge in [0.15, 0.2) is 0 Å². The maximum atomic E-state index is 13.7. The van der Waals surface area contributed by atoms with Gasteiger partial charge < -0.3 is 5.11 Å². The van der Waals surface area contributed by atoms with E-state index < -0.39 is 17.8 Å². The van der Waals surface area contributed by atoms with Crippen LogP contribution in [0.3, 0.4) is 0 Å². The zero-order valence-corrected chi connectivity index (χ0v) is 12.9. The van der Waals surface area contributed by atoms with Crippen LogP contribution in [0.5, 0.6) is 0 Å². The normalized spacial score (nSPS) is 15.2. The number of halogens is 3. The molecule has 2 amide bonds. The summed E-state index contributed by atoms with van der Waals surface area (Å²) < 4.78 is 13.7. The largest absolute Gasteiger partial charge is 0.464 e. The van der Waals surface area contributed by atoms with Crippen LogP contribution in [0.25, 0.3) is 11.6 Å². The van der Waals surface area contributed by atoms with Gasteiger partial charge in [0.2, 0.25) is 0 Å². The van der Waals surface area contributed by atoms with Gasteiger partial charge in [-0.1, -0.05) is 35.3 Å². The topological polar surface area (TPSA) is 57.6 Å². The Bertz CT molecular complexity index is 880. The second kappa shape index (κ2) is 5.68. The minimum atomic E-state index is -1.46. The van der Waals surface area contributed by atoms with Crippen molar-refractivity contribution in [2.75, 3.05) is 4.90 Å². The van der Waals surface area contributed by atoms with Crippen molar-refractivity contribution in [3.05, 3.63) is 63.4 Å². The van der Waals surface area contributed by atoms with E-state index in [9.17, 15) is 19.1 Å². The Morgan fingerprint density at radius 2 is 1.96 bits per heavy atom. The molecule has 0 saturated carbocycles. The van der Waals surface area contributed by atoms with E-state index in [1.165, 1.54) is 6.08 Å². The minimum Gasteiger partial charge on any atom is -0.464 e. The lowest BCUT2D eigenvalue weighted by Crippen LogP contribution is -2.31. The number of rotatable bonds is 1. The third-order valence-corrected chi connectivity index (χ3v) is 3.88. The number of carbonyl (C=O) groups excluding carboxylic acids is 1. The van der Waals surface area contributed by atoms with Crippen molar-refractivity contribution in [1.29, 1.82) is 0 Å². The van der Waals surface area contributed by atoms with E-state index >= 15 is 0 Å². The van der Waals surface area contributed by atoms with E-state index in [-0.39, 0.29) is 21.8 Å². The fraction of sp³-hybridized carbons (Fsp3) is 0. The van der Waals surface area contributed by atoms with Gasteiger partial charge in [-0.2, -0.15) is 0 Å². The summed E-state index contributed by atoms with van der Waals surface area (Å²) in [5, 5.41) is 9.44. The van der Waals surface area contributed by atoms with E-state index in [2.05, 4.69) is 0 Å². The molecule has 3 rings (SSSR count). The summed E-state index contributed by atoms with van der Waals surface area (Å²) in [6.45, 7) is 0. The number of carboxylic acid groups (broad SMARTS) is 1. The molecule has 0 fully saturated rings. The molecule has 2 aromatic rings. The van der Waals surface area contributed by atoms with E-state index in [4.69, 9.17) is 23.2 Å². The highest BCUT2D eigenvalue weighted by molar-refractivity contribution is 6.42. The summed E-state index contributed by atoms with van der Waals surface area (Å²) in [7, 11) is 0. The second-order valence-electron chi connectivity index (χ2n) is 4.82. The molecule has 0 aromatic heterocycles. The highest BCUT2D eigenvalue weighted by atomic mass is 35.5. The number of amides is 2. The highest BCUT2D eigenvalue weighted by Crippen LogP contribution is 2.40. The van der Waals surface area contributed by atoms with Crippen molar-refractivity contribution in [3.63, 3.8) is 0 Å². The van der Waals surface area contributed by atoms with Crippen molar-refractivity contribution in [2.24, 2.45) is 0 Å². The van der Waals surface area contributed by atoms with Gasteiger partial charge in [-0.25, -0.2) is 14.1 Å². The number of nitrogens with zero attached hydrogens (tertiary/aromatic N) is 1. The number of benzene rings is 2. The molecule has 116 valence electrons. The molecular weight excluding hydrogens is 344 g/mol. The van der Waals surface area contributed by atoms with Crippen molar-refractivity contribution < 1.29 is 19.1 Å². The zero-order chi connectivity index (χ0) is 16.7. The molecule has 2 aromatic carbocycles. The number of fused-ring (bicyclic) bond motifs is 1. The second-order valence-corrected chi connectivity index (χ2v) is 5.66. The highest BCUT2D eigenvalue weighted by Gasteiger charge is 2.37. The van der Waals surface area contributed by atoms with Crippen molar-refractivity contribution in [2.45, 2.75) is 0 Å². The number of hydrogen-bond acceptors (Lipinski definition) is 2. The van der Waals surface area contributed by atoms with E-state index in [1.807, 2.05) is 0 Å². The third-order valence-electron chi connectivity index (χ3n) is 3.35. The summed E-state index contributed by atoms with van der Waals surface area (Å²) in [5.74, 6) is -1.50.